The number of nitrogens with zero attached hydrogens (tertiary/aromatic N) is 1. The van der Waals surface area contributed by atoms with Gasteiger partial charge in [0.1, 0.15) is 11.5 Å². The summed E-state index contributed by atoms with van der Waals surface area (Å²) in [6.07, 6.45) is 0. The van der Waals surface area contributed by atoms with E-state index < -0.39 is 0 Å². The summed E-state index contributed by atoms with van der Waals surface area (Å²) in [4.78, 5) is 0. The minimum absolute atomic E-state index is 0.501. The van der Waals surface area contributed by atoms with Gasteiger partial charge in [-0.2, -0.15) is 5.26 Å². The maximum absolute atomic E-state index is 8.96. The molecule has 2 aromatic carbocycles. The van der Waals surface area contributed by atoms with Gasteiger partial charge >= 0.3 is 0 Å². The first-order chi connectivity index (χ1) is 9.55. The van der Waals surface area contributed by atoms with Gasteiger partial charge in [-0.05, 0) is 67.3 Å². The van der Waals surface area contributed by atoms with Crippen molar-refractivity contribution in [2.75, 3.05) is 0 Å². The van der Waals surface area contributed by atoms with E-state index in [0.29, 0.717) is 11.4 Å². The Morgan fingerprint density at radius 2 is 1.70 bits per heavy atom. The molecule has 0 fully saturated rings. The van der Waals surface area contributed by atoms with Gasteiger partial charge in [-0.3, -0.25) is 0 Å². The Hall–Kier alpha value is -1.98. The second kappa shape index (κ2) is 5.98. The van der Waals surface area contributed by atoms with E-state index in [1.54, 1.807) is 0 Å². The summed E-state index contributed by atoms with van der Waals surface area (Å²) in [6, 6.07) is 11.7. The number of hydrogen-bond donors (Lipinski definition) is 0. The summed E-state index contributed by atoms with van der Waals surface area (Å²) in [7, 11) is 0. The molecule has 3 heteroatoms. The number of hydrogen-bond acceptors (Lipinski definition) is 2. The van der Waals surface area contributed by atoms with Crippen molar-refractivity contribution in [1.82, 2.24) is 0 Å². The fourth-order valence-corrected chi connectivity index (χ4v) is 2.48. The normalized spacial score (nSPS) is 10.2. The highest BCUT2D eigenvalue weighted by atomic mass is 35.5. The van der Waals surface area contributed by atoms with Crippen LogP contribution < -0.4 is 4.74 Å². The van der Waals surface area contributed by atoms with Crippen LogP contribution in [0.3, 0.4) is 0 Å². The Bertz CT molecular complexity index is 663. The molecule has 0 saturated carbocycles. The molecule has 0 saturated heterocycles. The summed E-state index contributed by atoms with van der Waals surface area (Å²) in [5.41, 5.74) is 4.79. The largest absolute Gasteiger partial charge is 0.457 e. The van der Waals surface area contributed by atoms with Gasteiger partial charge < -0.3 is 4.74 Å². The molecule has 0 aliphatic carbocycles. The monoisotopic (exact) mass is 285 g/mol. The van der Waals surface area contributed by atoms with E-state index in [1.807, 2.05) is 51.1 Å². The highest BCUT2D eigenvalue weighted by molar-refractivity contribution is 6.17. The molecule has 0 aliphatic heterocycles. The van der Waals surface area contributed by atoms with Crippen LogP contribution in [-0.2, 0) is 5.88 Å². The zero-order chi connectivity index (χ0) is 14.7. The summed E-state index contributed by atoms with van der Waals surface area (Å²) in [5.74, 6) is 2.09. The maximum atomic E-state index is 8.96. The first-order valence-corrected chi connectivity index (χ1v) is 6.93. The maximum Gasteiger partial charge on any atom is 0.133 e. The molecule has 0 bridgehead atoms. The van der Waals surface area contributed by atoms with Crippen LogP contribution in [0.5, 0.6) is 11.5 Å². The highest BCUT2D eigenvalue weighted by Crippen LogP contribution is 2.30. The van der Waals surface area contributed by atoms with Crippen LogP contribution in [0.2, 0.25) is 0 Å². The number of nitriles is 1. The second-order valence-electron chi connectivity index (χ2n) is 4.87. The van der Waals surface area contributed by atoms with Gasteiger partial charge in [0, 0.05) is 5.88 Å². The van der Waals surface area contributed by atoms with Crippen molar-refractivity contribution < 1.29 is 4.74 Å². The Morgan fingerprint density at radius 1 is 1.05 bits per heavy atom. The Morgan fingerprint density at radius 3 is 2.20 bits per heavy atom. The average molecular weight is 286 g/mol. The molecule has 0 unspecified atom stereocenters. The standard InChI is InChI=1S/C17H16ClNO/c1-11-8-16(5-4-15(11)9-18)20-17-12(2)6-14(10-19)7-13(17)3/h4-8H,9H2,1-3H3. The smallest absolute Gasteiger partial charge is 0.133 e. The summed E-state index contributed by atoms with van der Waals surface area (Å²) in [5, 5.41) is 8.96. The topological polar surface area (TPSA) is 33.0 Å². The lowest BCUT2D eigenvalue weighted by atomic mass is 10.1. The van der Waals surface area contributed by atoms with Gasteiger partial charge in [-0.25, -0.2) is 0 Å². The average Bonchev–Trinajstić information content (AvgIpc) is 2.42. The van der Waals surface area contributed by atoms with Crippen molar-refractivity contribution in [3.63, 3.8) is 0 Å². The molecule has 0 spiro atoms. The van der Waals surface area contributed by atoms with E-state index in [1.165, 1.54) is 0 Å². The minimum Gasteiger partial charge on any atom is -0.457 e. The molecule has 0 heterocycles. The SMILES string of the molecule is Cc1cc(Oc2c(C)cc(C#N)cc2C)ccc1CCl. The molecule has 0 aromatic heterocycles. The van der Waals surface area contributed by atoms with Gasteiger partial charge in [0.05, 0.1) is 11.6 Å². The highest BCUT2D eigenvalue weighted by Gasteiger charge is 2.08. The quantitative estimate of drug-likeness (QED) is 0.742. The minimum atomic E-state index is 0.501. The molecular formula is C17H16ClNO. The Kier molecular flexibility index (Phi) is 4.32. The lowest BCUT2D eigenvalue weighted by Crippen LogP contribution is -1.94. The zero-order valence-electron chi connectivity index (χ0n) is 11.8. The van der Waals surface area contributed by atoms with Gasteiger partial charge in [0.25, 0.3) is 0 Å². The van der Waals surface area contributed by atoms with E-state index in [-0.39, 0.29) is 0 Å². The molecule has 102 valence electrons. The number of aryl methyl sites for hydroxylation is 3. The van der Waals surface area contributed by atoms with Crippen LogP contribution >= 0.6 is 11.6 Å². The van der Waals surface area contributed by atoms with Crippen LogP contribution in [0.15, 0.2) is 30.3 Å². The Labute approximate surface area is 124 Å². The van der Waals surface area contributed by atoms with Crippen molar-refractivity contribution in [3.05, 3.63) is 58.1 Å². The van der Waals surface area contributed by atoms with Gasteiger partial charge in [-0.15, -0.1) is 11.6 Å². The van der Waals surface area contributed by atoms with E-state index >= 15 is 0 Å². The van der Waals surface area contributed by atoms with E-state index in [9.17, 15) is 0 Å². The lowest BCUT2D eigenvalue weighted by Gasteiger charge is -2.13. The summed E-state index contributed by atoms with van der Waals surface area (Å²) < 4.78 is 5.97. The van der Waals surface area contributed by atoms with Crippen molar-refractivity contribution in [3.8, 4) is 17.6 Å². The molecule has 2 aromatic rings. The molecule has 2 rings (SSSR count). The van der Waals surface area contributed by atoms with Crippen LogP contribution in [-0.4, -0.2) is 0 Å². The number of halogens is 1. The first kappa shape index (κ1) is 14.4. The van der Waals surface area contributed by atoms with Crippen LogP contribution in [0.1, 0.15) is 27.8 Å². The zero-order valence-corrected chi connectivity index (χ0v) is 12.6. The fourth-order valence-electron chi connectivity index (χ4n) is 2.18. The van der Waals surface area contributed by atoms with Gasteiger partial charge in [0.15, 0.2) is 0 Å². The third-order valence-corrected chi connectivity index (χ3v) is 3.56. The van der Waals surface area contributed by atoms with Gasteiger partial charge in [0.2, 0.25) is 0 Å². The molecule has 0 radical (unpaired) electrons. The summed E-state index contributed by atoms with van der Waals surface area (Å²) in [6.45, 7) is 5.91. The van der Waals surface area contributed by atoms with Crippen LogP contribution in [0.4, 0.5) is 0 Å². The second-order valence-corrected chi connectivity index (χ2v) is 5.14. The van der Waals surface area contributed by atoms with E-state index in [2.05, 4.69) is 6.07 Å². The summed E-state index contributed by atoms with van der Waals surface area (Å²) >= 11 is 5.86. The predicted molar refractivity (Wildman–Crippen MR) is 81.4 cm³/mol. The van der Waals surface area contributed by atoms with Crippen molar-refractivity contribution in [2.24, 2.45) is 0 Å². The third-order valence-electron chi connectivity index (χ3n) is 3.27. The number of rotatable bonds is 3. The van der Waals surface area contributed by atoms with E-state index in [4.69, 9.17) is 21.6 Å². The molecular weight excluding hydrogens is 270 g/mol. The predicted octanol–water partition coefficient (Wildman–Crippen LogP) is 5.01. The molecule has 20 heavy (non-hydrogen) atoms. The van der Waals surface area contributed by atoms with Crippen LogP contribution in [0.25, 0.3) is 0 Å². The lowest BCUT2D eigenvalue weighted by molar-refractivity contribution is 0.474. The van der Waals surface area contributed by atoms with Gasteiger partial charge in [-0.1, -0.05) is 6.07 Å². The number of alkyl halides is 1. The molecule has 0 aliphatic rings. The fraction of sp³-hybridized carbons (Fsp3) is 0.235. The molecule has 0 amide bonds. The Balaban J connectivity index is 2.35. The van der Waals surface area contributed by atoms with E-state index in [0.717, 1.165) is 33.8 Å². The molecule has 2 nitrogen and oxygen atoms in total. The van der Waals surface area contributed by atoms with Crippen molar-refractivity contribution in [1.29, 1.82) is 5.26 Å². The van der Waals surface area contributed by atoms with Crippen molar-refractivity contribution >= 4 is 11.6 Å². The number of ether oxygens (including phenoxy) is 1. The molecule has 0 atom stereocenters. The van der Waals surface area contributed by atoms with Crippen molar-refractivity contribution in [2.45, 2.75) is 26.7 Å². The first-order valence-electron chi connectivity index (χ1n) is 6.40. The molecule has 0 N–H and O–H groups in total. The third kappa shape index (κ3) is 2.95. The number of benzene rings is 2. The van der Waals surface area contributed by atoms with Crippen LogP contribution in [0, 0.1) is 32.1 Å².